The predicted octanol–water partition coefficient (Wildman–Crippen LogP) is 3.78. The Morgan fingerprint density at radius 1 is 1.27 bits per heavy atom. The molecule has 0 fully saturated rings. The highest BCUT2D eigenvalue weighted by Crippen LogP contribution is 2.41. The summed E-state index contributed by atoms with van der Waals surface area (Å²) in [5.74, 6) is 0.898. The number of rotatable bonds is 1. The zero-order valence-corrected chi connectivity index (χ0v) is 8.49. The van der Waals surface area contributed by atoms with Gasteiger partial charge in [-0.15, -0.1) is 0 Å². The monoisotopic (exact) mass is 152 g/mol. The Kier molecular flexibility index (Phi) is 2.13. The zero-order valence-electron chi connectivity index (χ0n) is 8.49. The second kappa shape index (κ2) is 2.66. The van der Waals surface area contributed by atoms with E-state index in [2.05, 4.69) is 34.6 Å². The standard InChI is InChI=1S/C11H20/c1-8-6-10(9(8)2)7-11(3,4)5/h10H,6-7H2,1-5H3. The molecule has 0 aliphatic heterocycles. The Morgan fingerprint density at radius 2 is 1.82 bits per heavy atom. The van der Waals surface area contributed by atoms with Crippen molar-refractivity contribution in [1.82, 2.24) is 0 Å². The highest BCUT2D eigenvalue weighted by atomic mass is 14.3. The third kappa shape index (κ3) is 2.08. The average molecular weight is 152 g/mol. The Hall–Kier alpha value is -0.260. The van der Waals surface area contributed by atoms with Gasteiger partial charge in [0.25, 0.3) is 0 Å². The van der Waals surface area contributed by atoms with E-state index in [9.17, 15) is 0 Å². The van der Waals surface area contributed by atoms with Crippen LogP contribution >= 0.6 is 0 Å². The Bertz CT molecular complexity index is 179. The summed E-state index contributed by atoms with van der Waals surface area (Å²) < 4.78 is 0. The molecule has 0 N–H and O–H groups in total. The van der Waals surface area contributed by atoms with Gasteiger partial charge in [0.05, 0.1) is 0 Å². The van der Waals surface area contributed by atoms with Crippen LogP contribution in [0.2, 0.25) is 0 Å². The van der Waals surface area contributed by atoms with Gasteiger partial charge >= 0.3 is 0 Å². The smallest absolute Gasteiger partial charge is 0.0161 e. The fourth-order valence-electron chi connectivity index (χ4n) is 1.87. The van der Waals surface area contributed by atoms with Crippen LogP contribution < -0.4 is 0 Å². The summed E-state index contributed by atoms with van der Waals surface area (Å²) in [6.07, 6.45) is 2.71. The Morgan fingerprint density at radius 3 is 2.09 bits per heavy atom. The van der Waals surface area contributed by atoms with Crippen LogP contribution in [0, 0.1) is 11.3 Å². The van der Waals surface area contributed by atoms with Gasteiger partial charge in [0.1, 0.15) is 0 Å². The van der Waals surface area contributed by atoms with Crippen molar-refractivity contribution in [2.45, 2.75) is 47.5 Å². The predicted molar refractivity (Wildman–Crippen MR) is 50.6 cm³/mol. The van der Waals surface area contributed by atoms with Crippen LogP contribution in [-0.2, 0) is 0 Å². The number of allylic oxidation sites excluding steroid dienone is 2. The van der Waals surface area contributed by atoms with E-state index in [0.717, 1.165) is 5.92 Å². The summed E-state index contributed by atoms with van der Waals surface area (Å²) in [5.41, 5.74) is 3.78. The van der Waals surface area contributed by atoms with E-state index in [0.29, 0.717) is 5.41 Å². The van der Waals surface area contributed by atoms with Gasteiger partial charge in [-0.3, -0.25) is 0 Å². The Labute approximate surface area is 70.7 Å². The van der Waals surface area contributed by atoms with E-state index in [1.807, 2.05) is 0 Å². The highest BCUT2D eigenvalue weighted by molar-refractivity contribution is 5.24. The van der Waals surface area contributed by atoms with Gasteiger partial charge < -0.3 is 0 Å². The van der Waals surface area contributed by atoms with Crippen LogP contribution in [0.1, 0.15) is 47.5 Å². The first-order valence-electron chi connectivity index (χ1n) is 4.56. The molecule has 0 saturated carbocycles. The van der Waals surface area contributed by atoms with Gasteiger partial charge in [0.2, 0.25) is 0 Å². The summed E-state index contributed by atoms with van der Waals surface area (Å²) >= 11 is 0. The fourth-order valence-corrected chi connectivity index (χ4v) is 1.87. The maximum absolute atomic E-state index is 2.33. The third-order valence-electron chi connectivity index (χ3n) is 2.70. The fraction of sp³-hybridized carbons (Fsp3) is 0.818. The molecule has 64 valence electrons. The van der Waals surface area contributed by atoms with Crippen LogP contribution in [0.4, 0.5) is 0 Å². The van der Waals surface area contributed by atoms with Gasteiger partial charge in [-0.2, -0.15) is 0 Å². The van der Waals surface area contributed by atoms with Crippen molar-refractivity contribution in [3.8, 4) is 0 Å². The maximum atomic E-state index is 2.33. The van der Waals surface area contributed by atoms with Crippen LogP contribution in [0.25, 0.3) is 0 Å². The normalized spacial score (nSPS) is 25.4. The van der Waals surface area contributed by atoms with Crippen molar-refractivity contribution in [2.24, 2.45) is 11.3 Å². The van der Waals surface area contributed by atoms with Gasteiger partial charge in [-0.1, -0.05) is 31.9 Å². The van der Waals surface area contributed by atoms with Crippen molar-refractivity contribution in [1.29, 1.82) is 0 Å². The van der Waals surface area contributed by atoms with E-state index in [4.69, 9.17) is 0 Å². The van der Waals surface area contributed by atoms with Crippen molar-refractivity contribution < 1.29 is 0 Å². The summed E-state index contributed by atoms with van der Waals surface area (Å²) in [6, 6.07) is 0. The van der Waals surface area contributed by atoms with Crippen molar-refractivity contribution in [3.63, 3.8) is 0 Å². The SMILES string of the molecule is CC1=C(C)C(CC(C)(C)C)C1. The van der Waals surface area contributed by atoms with E-state index in [1.165, 1.54) is 12.8 Å². The molecule has 1 atom stereocenters. The summed E-state index contributed by atoms with van der Waals surface area (Å²) in [4.78, 5) is 0. The summed E-state index contributed by atoms with van der Waals surface area (Å²) in [5, 5.41) is 0. The molecular formula is C11H20. The molecular weight excluding hydrogens is 132 g/mol. The van der Waals surface area contributed by atoms with Gasteiger partial charge in [-0.05, 0) is 38.0 Å². The lowest BCUT2D eigenvalue weighted by Gasteiger charge is -2.34. The number of hydrogen-bond acceptors (Lipinski definition) is 0. The summed E-state index contributed by atoms with van der Waals surface area (Å²) in [7, 11) is 0. The molecule has 11 heavy (non-hydrogen) atoms. The average Bonchev–Trinajstić information content (AvgIpc) is 1.84. The molecule has 0 nitrogen and oxygen atoms in total. The third-order valence-corrected chi connectivity index (χ3v) is 2.70. The van der Waals surface area contributed by atoms with E-state index < -0.39 is 0 Å². The minimum Gasteiger partial charge on any atom is -0.0735 e. The minimum atomic E-state index is 0.507. The van der Waals surface area contributed by atoms with Crippen LogP contribution in [-0.4, -0.2) is 0 Å². The van der Waals surface area contributed by atoms with Crippen molar-refractivity contribution in [3.05, 3.63) is 11.1 Å². The molecule has 0 saturated heterocycles. The summed E-state index contributed by atoms with van der Waals surface area (Å²) in [6.45, 7) is 11.5. The highest BCUT2D eigenvalue weighted by Gasteiger charge is 2.27. The molecule has 0 spiro atoms. The van der Waals surface area contributed by atoms with Crippen molar-refractivity contribution in [2.75, 3.05) is 0 Å². The lowest BCUT2D eigenvalue weighted by molar-refractivity contribution is 0.298. The van der Waals surface area contributed by atoms with Crippen LogP contribution in [0.3, 0.4) is 0 Å². The van der Waals surface area contributed by atoms with Crippen LogP contribution in [0.15, 0.2) is 11.1 Å². The van der Waals surface area contributed by atoms with Gasteiger partial charge in [0, 0.05) is 0 Å². The van der Waals surface area contributed by atoms with E-state index in [-0.39, 0.29) is 0 Å². The molecule has 0 bridgehead atoms. The Balaban J connectivity index is 2.45. The largest absolute Gasteiger partial charge is 0.0735 e. The first kappa shape index (κ1) is 8.83. The zero-order chi connectivity index (χ0) is 8.65. The second-order valence-electron chi connectivity index (χ2n) is 5.13. The lowest BCUT2D eigenvalue weighted by atomic mass is 9.71. The second-order valence-corrected chi connectivity index (χ2v) is 5.13. The van der Waals surface area contributed by atoms with Gasteiger partial charge in [-0.25, -0.2) is 0 Å². The maximum Gasteiger partial charge on any atom is -0.0161 e. The van der Waals surface area contributed by atoms with Gasteiger partial charge in [0.15, 0.2) is 0 Å². The molecule has 0 aromatic carbocycles. The van der Waals surface area contributed by atoms with Crippen LogP contribution in [0.5, 0.6) is 0 Å². The molecule has 0 heteroatoms. The molecule has 0 radical (unpaired) electrons. The topological polar surface area (TPSA) is 0 Å². The molecule has 1 unspecified atom stereocenters. The molecule has 1 aliphatic carbocycles. The molecule has 1 aliphatic rings. The number of hydrogen-bond donors (Lipinski definition) is 0. The lowest BCUT2D eigenvalue weighted by Crippen LogP contribution is -2.21. The quantitative estimate of drug-likeness (QED) is 0.502. The van der Waals surface area contributed by atoms with Crippen molar-refractivity contribution >= 4 is 0 Å². The minimum absolute atomic E-state index is 0.507. The molecule has 0 aromatic heterocycles. The first-order valence-corrected chi connectivity index (χ1v) is 4.56. The molecule has 0 aromatic rings. The molecule has 1 rings (SSSR count). The molecule has 0 heterocycles. The first-order chi connectivity index (χ1) is 4.90. The van der Waals surface area contributed by atoms with E-state index in [1.54, 1.807) is 11.1 Å². The molecule has 0 amide bonds. The van der Waals surface area contributed by atoms with E-state index >= 15 is 0 Å².